The number of halogens is 2. The third-order valence-electron chi connectivity index (χ3n) is 5.13. The van der Waals surface area contributed by atoms with Gasteiger partial charge >= 0.3 is 5.97 Å². The van der Waals surface area contributed by atoms with Crippen LogP contribution in [-0.2, 0) is 9.53 Å². The van der Waals surface area contributed by atoms with Gasteiger partial charge < -0.3 is 10.1 Å². The van der Waals surface area contributed by atoms with Crippen LogP contribution in [0.1, 0.15) is 21.5 Å². The minimum absolute atomic E-state index is 0.0490. The first-order valence-electron chi connectivity index (χ1n) is 10.2. The predicted octanol–water partition coefficient (Wildman–Crippen LogP) is 6.11. The molecule has 0 atom stereocenters. The Morgan fingerprint density at radius 2 is 1.82 bits per heavy atom. The largest absolute Gasteiger partial charge is 0.452 e. The zero-order valence-corrected chi connectivity index (χ0v) is 18.7. The second-order valence-electron chi connectivity index (χ2n) is 7.64. The monoisotopic (exact) mass is 462 g/mol. The van der Waals surface area contributed by atoms with Gasteiger partial charge in [0.1, 0.15) is 5.82 Å². The summed E-state index contributed by atoms with van der Waals surface area (Å²) in [6.45, 7) is 3.47. The number of amides is 1. The number of carbonyl (C=O) groups is 2. The highest BCUT2D eigenvalue weighted by atomic mass is 35.5. The average Bonchev–Trinajstić information content (AvgIpc) is 2.78. The second kappa shape index (κ2) is 9.38. The maximum atomic E-state index is 13.2. The van der Waals surface area contributed by atoms with E-state index in [0.29, 0.717) is 22.2 Å². The molecular formula is C26H20ClFN2O3. The van der Waals surface area contributed by atoms with E-state index in [-0.39, 0.29) is 10.7 Å². The molecule has 4 rings (SSSR count). The summed E-state index contributed by atoms with van der Waals surface area (Å²) in [4.78, 5) is 29.9. The molecule has 0 saturated carbocycles. The van der Waals surface area contributed by atoms with Crippen molar-refractivity contribution in [3.8, 4) is 11.3 Å². The van der Waals surface area contributed by atoms with Crippen molar-refractivity contribution in [2.75, 3.05) is 11.9 Å². The molecule has 0 spiro atoms. The first-order valence-corrected chi connectivity index (χ1v) is 10.6. The number of hydrogen-bond acceptors (Lipinski definition) is 4. The fraction of sp³-hybridized carbons (Fsp3) is 0.115. The van der Waals surface area contributed by atoms with Crippen molar-refractivity contribution in [2.24, 2.45) is 0 Å². The van der Waals surface area contributed by atoms with E-state index in [0.717, 1.165) is 22.8 Å². The number of benzene rings is 3. The Morgan fingerprint density at radius 3 is 2.58 bits per heavy atom. The summed E-state index contributed by atoms with van der Waals surface area (Å²) in [5, 5.41) is 3.18. The van der Waals surface area contributed by atoms with Gasteiger partial charge in [0.2, 0.25) is 0 Å². The van der Waals surface area contributed by atoms with Gasteiger partial charge in [0.15, 0.2) is 6.61 Å². The maximum Gasteiger partial charge on any atom is 0.339 e. The molecule has 1 amide bonds. The number of rotatable bonds is 5. The van der Waals surface area contributed by atoms with Gasteiger partial charge in [-0.1, -0.05) is 53.6 Å². The van der Waals surface area contributed by atoms with Crippen molar-refractivity contribution < 1.29 is 18.7 Å². The van der Waals surface area contributed by atoms with Crippen LogP contribution in [0.15, 0.2) is 66.7 Å². The van der Waals surface area contributed by atoms with Crippen molar-refractivity contribution >= 4 is 40.1 Å². The van der Waals surface area contributed by atoms with Crippen LogP contribution in [0.2, 0.25) is 5.02 Å². The Bertz CT molecular complexity index is 1390. The normalized spacial score (nSPS) is 10.8. The minimum atomic E-state index is -0.653. The van der Waals surface area contributed by atoms with Crippen molar-refractivity contribution in [1.82, 2.24) is 4.98 Å². The number of anilines is 1. The predicted molar refractivity (Wildman–Crippen MR) is 127 cm³/mol. The molecule has 0 bridgehead atoms. The summed E-state index contributed by atoms with van der Waals surface area (Å²) in [6.07, 6.45) is 0. The number of hydrogen-bond donors (Lipinski definition) is 1. The number of ether oxygens (including phenoxy) is 1. The van der Waals surface area contributed by atoms with Crippen molar-refractivity contribution in [1.29, 1.82) is 0 Å². The van der Waals surface area contributed by atoms with Gasteiger partial charge in [-0.3, -0.25) is 4.79 Å². The molecule has 1 heterocycles. The number of para-hydroxylation sites is 1. The fourth-order valence-corrected chi connectivity index (χ4v) is 3.78. The van der Waals surface area contributed by atoms with Crippen LogP contribution in [0.25, 0.3) is 22.2 Å². The lowest BCUT2D eigenvalue weighted by atomic mass is 9.99. The number of pyridine rings is 1. The zero-order chi connectivity index (χ0) is 23.5. The van der Waals surface area contributed by atoms with E-state index >= 15 is 0 Å². The van der Waals surface area contributed by atoms with Gasteiger partial charge in [-0.15, -0.1) is 0 Å². The van der Waals surface area contributed by atoms with E-state index in [1.165, 1.54) is 12.1 Å². The first kappa shape index (κ1) is 22.4. The van der Waals surface area contributed by atoms with Crippen LogP contribution in [0.3, 0.4) is 0 Å². The zero-order valence-electron chi connectivity index (χ0n) is 18.0. The molecule has 0 aliphatic carbocycles. The van der Waals surface area contributed by atoms with E-state index in [2.05, 4.69) is 11.4 Å². The van der Waals surface area contributed by atoms with Crippen LogP contribution in [0, 0.1) is 19.7 Å². The van der Waals surface area contributed by atoms with E-state index in [4.69, 9.17) is 21.3 Å². The minimum Gasteiger partial charge on any atom is -0.452 e. The van der Waals surface area contributed by atoms with Crippen LogP contribution < -0.4 is 5.32 Å². The summed E-state index contributed by atoms with van der Waals surface area (Å²) >= 11 is 5.93. The molecule has 33 heavy (non-hydrogen) atoms. The van der Waals surface area contributed by atoms with Gasteiger partial charge in [-0.05, 0) is 49.7 Å². The highest BCUT2D eigenvalue weighted by molar-refractivity contribution is 6.33. The molecule has 1 aromatic heterocycles. The third-order valence-corrected chi connectivity index (χ3v) is 5.45. The lowest BCUT2D eigenvalue weighted by Crippen LogP contribution is -2.21. The standard InChI is InChI=1S/C26H20ClFN2O3/c1-15-7-9-18(16(2)11-15)24-13-20(19-5-3-4-6-22(19)29-24)26(32)33-14-25(31)30-23-10-8-17(28)12-21(23)27/h3-13H,14H2,1-2H3,(H,30,31). The van der Waals surface area contributed by atoms with E-state index in [1.54, 1.807) is 18.2 Å². The van der Waals surface area contributed by atoms with Gasteiger partial charge in [-0.25, -0.2) is 14.2 Å². The number of aromatic nitrogens is 1. The molecule has 7 heteroatoms. The van der Waals surface area contributed by atoms with Crippen molar-refractivity contribution in [3.63, 3.8) is 0 Å². The molecular weight excluding hydrogens is 443 g/mol. The highest BCUT2D eigenvalue weighted by Crippen LogP contribution is 2.28. The van der Waals surface area contributed by atoms with Gasteiger partial charge in [0.05, 0.1) is 27.5 Å². The lowest BCUT2D eigenvalue weighted by molar-refractivity contribution is -0.119. The molecule has 0 aliphatic heterocycles. The highest BCUT2D eigenvalue weighted by Gasteiger charge is 2.17. The summed E-state index contributed by atoms with van der Waals surface area (Å²) in [5.41, 5.74) is 4.89. The lowest BCUT2D eigenvalue weighted by Gasteiger charge is -2.12. The Kier molecular flexibility index (Phi) is 6.38. The summed E-state index contributed by atoms with van der Waals surface area (Å²) in [5.74, 6) is -1.77. The molecule has 5 nitrogen and oxygen atoms in total. The molecule has 0 unspecified atom stereocenters. The van der Waals surface area contributed by atoms with Crippen LogP contribution in [-0.4, -0.2) is 23.5 Å². The van der Waals surface area contributed by atoms with Gasteiger partial charge in [0.25, 0.3) is 5.91 Å². The number of esters is 1. The smallest absolute Gasteiger partial charge is 0.339 e. The maximum absolute atomic E-state index is 13.2. The van der Waals surface area contributed by atoms with Crippen molar-refractivity contribution in [3.05, 3.63) is 94.3 Å². The summed E-state index contributed by atoms with van der Waals surface area (Å²) in [6, 6.07) is 18.5. The summed E-state index contributed by atoms with van der Waals surface area (Å²) < 4.78 is 18.5. The third kappa shape index (κ3) is 5.02. The van der Waals surface area contributed by atoms with E-state index < -0.39 is 24.3 Å². The molecule has 0 saturated heterocycles. The van der Waals surface area contributed by atoms with Crippen molar-refractivity contribution in [2.45, 2.75) is 13.8 Å². The number of nitrogens with zero attached hydrogens (tertiary/aromatic N) is 1. The first-order chi connectivity index (χ1) is 15.8. The number of aryl methyl sites for hydroxylation is 2. The van der Waals surface area contributed by atoms with Crippen LogP contribution in [0.4, 0.5) is 10.1 Å². The topological polar surface area (TPSA) is 68.3 Å². The van der Waals surface area contributed by atoms with E-state index in [1.807, 2.05) is 38.1 Å². The number of fused-ring (bicyclic) bond motifs is 1. The summed E-state index contributed by atoms with van der Waals surface area (Å²) in [7, 11) is 0. The SMILES string of the molecule is Cc1ccc(-c2cc(C(=O)OCC(=O)Nc3ccc(F)cc3Cl)c3ccccc3n2)c(C)c1. The quantitative estimate of drug-likeness (QED) is 0.363. The number of carbonyl (C=O) groups excluding carboxylic acids is 2. The Balaban J connectivity index is 1.59. The molecule has 0 fully saturated rings. The Labute approximate surface area is 195 Å². The van der Waals surface area contributed by atoms with Gasteiger partial charge in [0, 0.05) is 10.9 Å². The van der Waals surface area contributed by atoms with E-state index in [9.17, 15) is 14.0 Å². The molecule has 4 aromatic rings. The van der Waals surface area contributed by atoms with Gasteiger partial charge in [-0.2, -0.15) is 0 Å². The second-order valence-corrected chi connectivity index (χ2v) is 8.05. The Hall–Kier alpha value is -3.77. The fourth-order valence-electron chi connectivity index (χ4n) is 3.57. The molecule has 1 N–H and O–H groups in total. The molecule has 3 aromatic carbocycles. The molecule has 0 aliphatic rings. The average molecular weight is 463 g/mol. The molecule has 0 radical (unpaired) electrons. The van der Waals surface area contributed by atoms with Crippen LogP contribution in [0.5, 0.6) is 0 Å². The number of nitrogens with one attached hydrogen (secondary N) is 1. The Morgan fingerprint density at radius 1 is 1.03 bits per heavy atom. The van der Waals surface area contributed by atoms with Crippen LogP contribution >= 0.6 is 11.6 Å². The molecule has 166 valence electrons.